The minimum absolute atomic E-state index is 0.578. The number of hydrogen-bond acceptors (Lipinski definition) is 3. The Bertz CT molecular complexity index is 290. The smallest absolute Gasteiger partial charge is 0.126 e. The third-order valence-electron chi connectivity index (χ3n) is 1.97. The number of methoxy groups -OCH3 is 2. The lowest BCUT2D eigenvalue weighted by Crippen LogP contribution is -2.06. The van der Waals surface area contributed by atoms with Gasteiger partial charge >= 0.3 is 0 Å². The molecule has 0 spiro atoms. The van der Waals surface area contributed by atoms with E-state index in [9.17, 15) is 0 Å². The summed E-state index contributed by atoms with van der Waals surface area (Å²) in [6.45, 7) is 0.578. The van der Waals surface area contributed by atoms with Crippen molar-refractivity contribution in [3.63, 3.8) is 0 Å². The second kappa shape index (κ2) is 5.22. The van der Waals surface area contributed by atoms with Crippen LogP contribution < -0.4 is 15.2 Å². The molecule has 0 aliphatic heterocycles. The van der Waals surface area contributed by atoms with Crippen LogP contribution >= 0.6 is 15.9 Å². The standard InChI is InChI=1S/C10H14BrNO2/c1-13-9-5-7(11)6-10(14-2)8(9)3-4-12/h5-6H,3-4,12H2,1-2H3. The molecule has 0 aromatic heterocycles. The van der Waals surface area contributed by atoms with Gasteiger partial charge in [0.05, 0.1) is 14.2 Å². The van der Waals surface area contributed by atoms with Crippen LogP contribution in [0.5, 0.6) is 11.5 Å². The van der Waals surface area contributed by atoms with E-state index in [4.69, 9.17) is 15.2 Å². The normalized spacial score (nSPS) is 10.0. The monoisotopic (exact) mass is 259 g/mol. The summed E-state index contributed by atoms with van der Waals surface area (Å²) in [4.78, 5) is 0. The lowest BCUT2D eigenvalue weighted by atomic mass is 10.1. The van der Waals surface area contributed by atoms with E-state index < -0.39 is 0 Å². The number of halogens is 1. The van der Waals surface area contributed by atoms with Gasteiger partial charge in [-0.1, -0.05) is 15.9 Å². The van der Waals surface area contributed by atoms with Crippen LogP contribution in [0.1, 0.15) is 5.56 Å². The van der Waals surface area contributed by atoms with E-state index in [1.54, 1.807) is 14.2 Å². The van der Waals surface area contributed by atoms with Crippen molar-refractivity contribution in [1.29, 1.82) is 0 Å². The van der Waals surface area contributed by atoms with Crippen molar-refractivity contribution in [2.75, 3.05) is 20.8 Å². The minimum atomic E-state index is 0.578. The first-order valence-corrected chi connectivity index (χ1v) is 5.12. The lowest BCUT2D eigenvalue weighted by molar-refractivity contribution is 0.385. The Morgan fingerprint density at radius 3 is 2.07 bits per heavy atom. The molecule has 1 rings (SSSR count). The van der Waals surface area contributed by atoms with E-state index in [0.29, 0.717) is 6.54 Å². The molecule has 0 saturated carbocycles. The van der Waals surface area contributed by atoms with Crippen LogP contribution in [0, 0.1) is 0 Å². The summed E-state index contributed by atoms with van der Waals surface area (Å²) in [5.41, 5.74) is 6.54. The summed E-state index contributed by atoms with van der Waals surface area (Å²) in [7, 11) is 3.28. The van der Waals surface area contributed by atoms with Crippen molar-refractivity contribution in [2.45, 2.75) is 6.42 Å². The predicted octanol–water partition coefficient (Wildman–Crippen LogP) is 1.97. The summed E-state index contributed by atoms with van der Waals surface area (Å²) in [6, 6.07) is 3.82. The molecular weight excluding hydrogens is 246 g/mol. The molecule has 0 bridgehead atoms. The van der Waals surface area contributed by atoms with E-state index in [2.05, 4.69) is 15.9 Å². The lowest BCUT2D eigenvalue weighted by Gasteiger charge is -2.12. The largest absolute Gasteiger partial charge is 0.496 e. The fourth-order valence-corrected chi connectivity index (χ4v) is 1.76. The zero-order valence-electron chi connectivity index (χ0n) is 8.34. The van der Waals surface area contributed by atoms with Gasteiger partial charge in [0, 0.05) is 10.0 Å². The Morgan fingerprint density at radius 2 is 1.71 bits per heavy atom. The molecule has 2 N–H and O–H groups in total. The Hall–Kier alpha value is -0.740. The Kier molecular flexibility index (Phi) is 4.22. The van der Waals surface area contributed by atoms with Crippen LogP contribution in [0.2, 0.25) is 0 Å². The molecule has 0 fully saturated rings. The molecule has 14 heavy (non-hydrogen) atoms. The van der Waals surface area contributed by atoms with Gasteiger partial charge in [-0.15, -0.1) is 0 Å². The molecule has 1 aromatic rings. The number of ether oxygens (including phenoxy) is 2. The number of rotatable bonds is 4. The van der Waals surface area contributed by atoms with Gasteiger partial charge in [0.1, 0.15) is 11.5 Å². The molecule has 0 atom stereocenters. The van der Waals surface area contributed by atoms with Gasteiger partial charge < -0.3 is 15.2 Å². The molecule has 4 heteroatoms. The van der Waals surface area contributed by atoms with Crippen molar-refractivity contribution in [3.8, 4) is 11.5 Å². The fourth-order valence-electron chi connectivity index (χ4n) is 1.34. The van der Waals surface area contributed by atoms with Crippen molar-refractivity contribution in [2.24, 2.45) is 5.73 Å². The van der Waals surface area contributed by atoms with Crippen LogP contribution in [0.3, 0.4) is 0 Å². The van der Waals surface area contributed by atoms with Crippen molar-refractivity contribution < 1.29 is 9.47 Å². The zero-order valence-corrected chi connectivity index (χ0v) is 9.93. The Morgan fingerprint density at radius 1 is 1.21 bits per heavy atom. The summed E-state index contributed by atoms with van der Waals surface area (Å²) in [5, 5.41) is 0. The van der Waals surface area contributed by atoms with Gasteiger partial charge in [0.2, 0.25) is 0 Å². The summed E-state index contributed by atoms with van der Waals surface area (Å²) in [5.74, 6) is 1.61. The van der Waals surface area contributed by atoms with E-state index in [0.717, 1.165) is 28.0 Å². The SMILES string of the molecule is COc1cc(Br)cc(OC)c1CCN. The molecule has 0 aliphatic carbocycles. The maximum Gasteiger partial charge on any atom is 0.126 e. The molecule has 3 nitrogen and oxygen atoms in total. The van der Waals surface area contributed by atoms with Crippen LogP contribution in [0.4, 0.5) is 0 Å². The molecule has 0 amide bonds. The molecule has 0 radical (unpaired) electrons. The van der Waals surface area contributed by atoms with E-state index in [-0.39, 0.29) is 0 Å². The minimum Gasteiger partial charge on any atom is -0.496 e. The highest BCUT2D eigenvalue weighted by Gasteiger charge is 2.10. The van der Waals surface area contributed by atoms with Crippen molar-refractivity contribution >= 4 is 15.9 Å². The maximum atomic E-state index is 5.52. The van der Waals surface area contributed by atoms with Crippen molar-refractivity contribution in [1.82, 2.24) is 0 Å². The molecule has 78 valence electrons. The molecule has 1 aromatic carbocycles. The molecule has 0 saturated heterocycles. The van der Waals surface area contributed by atoms with Crippen LogP contribution in [-0.4, -0.2) is 20.8 Å². The highest BCUT2D eigenvalue weighted by Crippen LogP contribution is 2.32. The second-order valence-corrected chi connectivity index (χ2v) is 3.74. The second-order valence-electron chi connectivity index (χ2n) is 2.83. The topological polar surface area (TPSA) is 44.5 Å². The quantitative estimate of drug-likeness (QED) is 0.900. The van der Waals surface area contributed by atoms with Gasteiger partial charge in [0.25, 0.3) is 0 Å². The van der Waals surface area contributed by atoms with Crippen LogP contribution in [0.15, 0.2) is 16.6 Å². The number of hydrogen-bond donors (Lipinski definition) is 1. The highest BCUT2D eigenvalue weighted by atomic mass is 79.9. The summed E-state index contributed by atoms with van der Waals surface area (Å²) < 4.78 is 11.4. The van der Waals surface area contributed by atoms with Gasteiger partial charge in [-0.25, -0.2) is 0 Å². The van der Waals surface area contributed by atoms with Crippen molar-refractivity contribution in [3.05, 3.63) is 22.2 Å². The zero-order chi connectivity index (χ0) is 10.6. The molecule has 0 aliphatic rings. The molecule has 0 unspecified atom stereocenters. The average molecular weight is 260 g/mol. The van der Waals surface area contributed by atoms with E-state index in [1.165, 1.54) is 0 Å². The summed E-state index contributed by atoms with van der Waals surface area (Å²) >= 11 is 3.39. The van der Waals surface area contributed by atoms with Crippen LogP contribution in [-0.2, 0) is 6.42 Å². The van der Waals surface area contributed by atoms with Gasteiger partial charge in [0.15, 0.2) is 0 Å². The van der Waals surface area contributed by atoms with E-state index >= 15 is 0 Å². The molecule has 0 heterocycles. The Balaban J connectivity index is 3.18. The number of nitrogens with two attached hydrogens (primary N) is 1. The predicted molar refractivity (Wildman–Crippen MR) is 60.0 cm³/mol. The summed E-state index contributed by atoms with van der Waals surface area (Å²) in [6.07, 6.45) is 0.750. The first-order valence-electron chi connectivity index (χ1n) is 4.33. The average Bonchev–Trinajstić information content (AvgIpc) is 2.20. The van der Waals surface area contributed by atoms with Gasteiger partial charge in [-0.2, -0.15) is 0 Å². The Labute approximate surface area is 92.3 Å². The van der Waals surface area contributed by atoms with Gasteiger partial charge in [-0.05, 0) is 25.1 Å². The first-order chi connectivity index (χ1) is 6.72. The third kappa shape index (κ3) is 2.39. The fraction of sp³-hybridized carbons (Fsp3) is 0.400. The highest BCUT2D eigenvalue weighted by molar-refractivity contribution is 9.10. The van der Waals surface area contributed by atoms with E-state index in [1.807, 2.05) is 12.1 Å². The van der Waals surface area contributed by atoms with Gasteiger partial charge in [-0.3, -0.25) is 0 Å². The maximum absolute atomic E-state index is 5.52. The van der Waals surface area contributed by atoms with Crippen LogP contribution in [0.25, 0.3) is 0 Å². The molecular formula is C10H14BrNO2. The first kappa shape index (κ1) is 11.3. The third-order valence-corrected chi connectivity index (χ3v) is 2.42. The number of benzene rings is 1.